The molecule has 0 aliphatic rings. The van der Waals surface area contributed by atoms with Crippen LogP contribution in [0.4, 0.5) is 4.79 Å². The van der Waals surface area contributed by atoms with Crippen molar-refractivity contribution in [3.63, 3.8) is 0 Å². The van der Waals surface area contributed by atoms with E-state index in [1.807, 2.05) is 24.3 Å². The van der Waals surface area contributed by atoms with Crippen molar-refractivity contribution in [1.82, 2.24) is 5.32 Å². The quantitative estimate of drug-likeness (QED) is 0.817. The molecule has 4 heteroatoms. The van der Waals surface area contributed by atoms with Gasteiger partial charge in [0.15, 0.2) is 6.73 Å². The minimum Gasteiger partial charge on any atom is -0.473 e. The summed E-state index contributed by atoms with van der Waals surface area (Å²) >= 11 is 0. The highest BCUT2D eigenvalue weighted by atomic mass is 16.6. The van der Waals surface area contributed by atoms with Crippen molar-refractivity contribution in [1.29, 1.82) is 0 Å². The molecule has 0 unspecified atom stereocenters. The summed E-state index contributed by atoms with van der Waals surface area (Å²) in [5.41, 5.74) is 1.26. The molecule has 1 N–H and O–H groups in total. The second-order valence-electron chi connectivity index (χ2n) is 4.64. The number of hydrogen-bond acceptors (Lipinski definition) is 3. The largest absolute Gasteiger partial charge is 0.473 e. The van der Waals surface area contributed by atoms with Gasteiger partial charge < -0.3 is 9.47 Å². The lowest BCUT2D eigenvalue weighted by Gasteiger charge is -2.11. The molecule has 0 aliphatic heterocycles. The average molecular weight is 251 g/mol. The number of carbonyl (C=O) groups is 1. The third-order valence-corrected chi connectivity index (χ3v) is 2.34. The first-order valence-electron chi connectivity index (χ1n) is 6.16. The Bertz CT molecular complexity index is 371. The minimum atomic E-state index is -0.469. The van der Waals surface area contributed by atoms with Gasteiger partial charge in [-0.3, -0.25) is 5.32 Å². The minimum absolute atomic E-state index is 0.104. The lowest BCUT2D eigenvalue weighted by atomic mass is 10.0. The number of nitrogens with one attached hydrogen (secondary N) is 1. The van der Waals surface area contributed by atoms with E-state index in [0.717, 1.165) is 5.75 Å². The third-order valence-electron chi connectivity index (χ3n) is 2.34. The van der Waals surface area contributed by atoms with E-state index in [1.54, 1.807) is 13.8 Å². The number of ether oxygens (including phenoxy) is 2. The molecule has 0 spiro atoms. The summed E-state index contributed by atoms with van der Waals surface area (Å²) in [6.45, 7) is 7.97. The van der Waals surface area contributed by atoms with Crippen molar-refractivity contribution >= 4 is 6.09 Å². The first-order valence-corrected chi connectivity index (χ1v) is 6.16. The summed E-state index contributed by atoms with van der Waals surface area (Å²) in [4.78, 5) is 11.2. The highest BCUT2D eigenvalue weighted by Gasteiger charge is 2.04. The zero-order valence-electron chi connectivity index (χ0n) is 11.4. The van der Waals surface area contributed by atoms with Gasteiger partial charge >= 0.3 is 6.09 Å². The molecular weight excluding hydrogens is 230 g/mol. The standard InChI is InChI=1S/C14H21NO3/c1-10(2)12-5-7-13(8-6-12)17-9-15-14(16)18-11(3)4/h5-8,10-11H,9H2,1-4H3,(H,15,16). The van der Waals surface area contributed by atoms with Gasteiger partial charge in [0.2, 0.25) is 0 Å². The van der Waals surface area contributed by atoms with Crippen LogP contribution in [0, 0.1) is 0 Å². The molecule has 0 saturated carbocycles. The van der Waals surface area contributed by atoms with Gasteiger partial charge in [0, 0.05) is 0 Å². The average Bonchev–Trinajstić information content (AvgIpc) is 2.28. The molecule has 0 aromatic heterocycles. The first-order chi connectivity index (χ1) is 8.49. The fourth-order valence-electron chi connectivity index (χ4n) is 1.38. The van der Waals surface area contributed by atoms with E-state index in [-0.39, 0.29) is 12.8 Å². The van der Waals surface area contributed by atoms with Crippen molar-refractivity contribution in [2.24, 2.45) is 0 Å². The van der Waals surface area contributed by atoms with E-state index in [2.05, 4.69) is 19.2 Å². The van der Waals surface area contributed by atoms with Crippen LogP contribution in [0.2, 0.25) is 0 Å². The van der Waals surface area contributed by atoms with Gasteiger partial charge in [0.1, 0.15) is 5.75 Å². The fraction of sp³-hybridized carbons (Fsp3) is 0.500. The van der Waals surface area contributed by atoms with E-state index in [9.17, 15) is 4.79 Å². The molecule has 0 heterocycles. The van der Waals surface area contributed by atoms with Crippen LogP contribution in [0.1, 0.15) is 39.2 Å². The maximum Gasteiger partial charge on any atom is 0.410 e. The normalized spacial score (nSPS) is 10.6. The topological polar surface area (TPSA) is 47.6 Å². The molecule has 4 nitrogen and oxygen atoms in total. The summed E-state index contributed by atoms with van der Waals surface area (Å²) in [6, 6.07) is 7.83. The van der Waals surface area contributed by atoms with Gasteiger partial charge in [-0.05, 0) is 37.5 Å². The number of alkyl carbamates (subject to hydrolysis) is 1. The molecule has 0 bridgehead atoms. The van der Waals surface area contributed by atoms with Gasteiger partial charge in [-0.1, -0.05) is 26.0 Å². The van der Waals surface area contributed by atoms with Gasteiger partial charge in [-0.2, -0.15) is 0 Å². The fourth-order valence-corrected chi connectivity index (χ4v) is 1.38. The number of hydrogen-bond donors (Lipinski definition) is 1. The molecule has 1 amide bonds. The van der Waals surface area contributed by atoms with Gasteiger partial charge in [-0.25, -0.2) is 4.79 Å². The van der Waals surface area contributed by atoms with E-state index in [0.29, 0.717) is 5.92 Å². The maximum atomic E-state index is 11.2. The number of carbonyl (C=O) groups excluding carboxylic acids is 1. The van der Waals surface area contributed by atoms with Crippen LogP contribution in [0.15, 0.2) is 24.3 Å². The Morgan fingerprint density at radius 2 is 1.78 bits per heavy atom. The van der Waals surface area contributed by atoms with Crippen LogP contribution in [0.5, 0.6) is 5.75 Å². The number of benzene rings is 1. The second-order valence-corrected chi connectivity index (χ2v) is 4.64. The Kier molecular flexibility index (Phi) is 5.49. The van der Waals surface area contributed by atoms with Crippen LogP contribution in [-0.2, 0) is 4.74 Å². The Balaban J connectivity index is 2.33. The predicted molar refractivity (Wildman–Crippen MR) is 70.8 cm³/mol. The van der Waals surface area contributed by atoms with Crippen molar-refractivity contribution < 1.29 is 14.3 Å². The van der Waals surface area contributed by atoms with Crippen LogP contribution < -0.4 is 10.1 Å². The summed E-state index contributed by atoms with van der Waals surface area (Å²) in [7, 11) is 0. The lowest BCUT2D eigenvalue weighted by molar-refractivity contribution is 0.108. The molecule has 18 heavy (non-hydrogen) atoms. The Morgan fingerprint density at radius 3 is 2.28 bits per heavy atom. The zero-order valence-corrected chi connectivity index (χ0v) is 11.4. The van der Waals surface area contributed by atoms with Gasteiger partial charge in [0.05, 0.1) is 6.10 Å². The van der Waals surface area contributed by atoms with Gasteiger partial charge in [-0.15, -0.1) is 0 Å². The molecule has 0 radical (unpaired) electrons. The lowest BCUT2D eigenvalue weighted by Crippen LogP contribution is -2.30. The zero-order chi connectivity index (χ0) is 13.5. The third kappa shape index (κ3) is 5.08. The summed E-state index contributed by atoms with van der Waals surface area (Å²) in [6.07, 6.45) is -0.598. The van der Waals surface area contributed by atoms with Crippen molar-refractivity contribution in [2.75, 3.05) is 6.73 Å². The van der Waals surface area contributed by atoms with Crippen LogP contribution >= 0.6 is 0 Å². The second kappa shape index (κ2) is 6.89. The molecule has 0 fully saturated rings. The first kappa shape index (κ1) is 14.4. The van der Waals surface area contributed by atoms with E-state index < -0.39 is 6.09 Å². The summed E-state index contributed by atoms with van der Waals surface area (Å²) in [5, 5.41) is 2.52. The Morgan fingerprint density at radius 1 is 1.17 bits per heavy atom. The van der Waals surface area contributed by atoms with Crippen molar-refractivity contribution in [2.45, 2.75) is 39.7 Å². The molecular formula is C14H21NO3. The van der Waals surface area contributed by atoms with Gasteiger partial charge in [0.25, 0.3) is 0 Å². The summed E-state index contributed by atoms with van der Waals surface area (Å²) < 4.78 is 10.3. The monoisotopic (exact) mass is 251 g/mol. The number of rotatable bonds is 5. The molecule has 100 valence electrons. The SMILES string of the molecule is CC(C)OC(=O)NCOc1ccc(C(C)C)cc1. The highest BCUT2D eigenvalue weighted by molar-refractivity contribution is 5.67. The van der Waals surface area contributed by atoms with Crippen molar-refractivity contribution in [3.8, 4) is 5.75 Å². The molecule has 0 aliphatic carbocycles. The van der Waals surface area contributed by atoms with Crippen molar-refractivity contribution in [3.05, 3.63) is 29.8 Å². The van der Waals surface area contributed by atoms with Crippen LogP contribution in [0.3, 0.4) is 0 Å². The van der Waals surface area contributed by atoms with E-state index in [1.165, 1.54) is 5.56 Å². The summed E-state index contributed by atoms with van der Waals surface area (Å²) in [5.74, 6) is 1.22. The van der Waals surface area contributed by atoms with E-state index in [4.69, 9.17) is 9.47 Å². The molecule has 1 aromatic rings. The molecule has 1 rings (SSSR count). The van der Waals surface area contributed by atoms with Crippen LogP contribution in [0.25, 0.3) is 0 Å². The number of amides is 1. The predicted octanol–water partition coefficient (Wildman–Crippen LogP) is 3.28. The smallest absolute Gasteiger partial charge is 0.410 e. The molecule has 0 saturated heterocycles. The van der Waals surface area contributed by atoms with E-state index >= 15 is 0 Å². The van der Waals surface area contributed by atoms with Crippen LogP contribution in [-0.4, -0.2) is 18.9 Å². The molecule has 1 aromatic carbocycles. The molecule has 0 atom stereocenters. The maximum absolute atomic E-state index is 11.2. The Hall–Kier alpha value is -1.71. The highest BCUT2D eigenvalue weighted by Crippen LogP contribution is 2.18. The Labute approximate surface area is 108 Å².